The topological polar surface area (TPSA) is 9.23 Å². The van der Waals surface area contributed by atoms with Crippen LogP contribution in [0.15, 0.2) is 30.4 Å². The van der Waals surface area contributed by atoms with Gasteiger partial charge in [-0.1, -0.05) is 43.7 Å². The predicted octanol–water partition coefficient (Wildman–Crippen LogP) is 8.16. The molecule has 0 unspecified atom stereocenters. The number of allylic oxidation sites excluding steroid dienone is 2. The second kappa shape index (κ2) is 11.1. The molecule has 0 bridgehead atoms. The Labute approximate surface area is 183 Å². The fourth-order valence-electron chi connectivity index (χ4n) is 4.98. The van der Waals surface area contributed by atoms with Gasteiger partial charge in [-0.3, -0.25) is 0 Å². The lowest BCUT2D eigenvalue weighted by Gasteiger charge is -2.26. The SMILES string of the molecule is CCC[C@H]1CC[C@H](C=CC#C[C@H]2CC[C@H](c3ccc(OC(F)(F)F)c(F)c3)CC2)CC1. The Hall–Kier alpha value is -1.96. The average molecular weight is 437 g/mol. The van der Waals surface area contributed by atoms with Crippen LogP contribution < -0.4 is 4.74 Å². The fourth-order valence-corrected chi connectivity index (χ4v) is 4.98. The Balaban J connectivity index is 1.44. The standard InChI is InChI=1S/C26H32F4O/c1-2-5-19-8-10-20(11-9-19)6-3-4-7-21-12-14-22(15-13-21)23-16-17-25(24(27)18-23)31-26(28,29)30/h3,6,16-22H,2,5,8-15H2,1H3/t19-,20-,21-,22-. The van der Waals surface area contributed by atoms with Gasteiger partial charge in [0.25, 0.3) is 0 Å². The van der Waals surface area contributed by atoms with Crippen molar-refractivity contribution in [2.24, 2.45) is 17.8 Å². The van der Waals surface area contributed by atoms with Gasteiger partial charge in [0.1, 0.15) is 0 Å². The number of halogens is 4. The van der Waals surface area contributed by atoms with Crippen molar-refractivity contribution in [2.75, 3.05) is 0 Å². The molecular formula is C26H32F4O. The van der Waals surface area contributed by atoms with E-state index in [4.69, 9.17) is 0 Å². The quantitative estimate of drug-likeness (QED) is 0.334. The molecule has 0 amide bonds. The predicted molar refractivity (Wildman–Crippen MR) is 115 cm³/mol. The molecule has 2 aliphatic carbocycles. The fraction of sp³-hybridized carbons (Fsp3) is 0.615. The zero-order chi connectivity index (χ0) is 22.3. The van der Waals surface area contributed by atoms with Crippen molar-refractivity contribution < 1.29 is 22.3 Å². The van der Waals surface area contributed by atoms with E-state index in [2.05, 4.69) is 29.6 Å². The third-order valence-electron chi connectivity index (χ3n) is 6.71. The van der Waals surface area contributed by atoms with Gasteiger partial charge < -0.3 is 4.74 Å². The van der Waals surface area contributed by atoms with Gasteiger partial charge in [0, 0.05) is 5.92 Å². The Morgan fingerprint density at radius 3 is 2.35 bits per heavy atom. The van der Waals surface area contributed by atoms with Gasteiger partial charge in [0.2, 0.25) is 0 Å². The molecule has 1 aromatic carbocycles. The number of rotatable bonds is 5. The minimum Gasteiger partial charge on any atom is -0.403 e. The summed E-state index contributed by atoms with van der Waals surface area (Å²) in [6, 6.07) is 3.79. The van der Waals surface area contributed by atoms with E-state index in [0.717, 1.165) is 43.2 Å². The highest BCUT2D eigenvalue weighted by atomic mass is 19.4. The number of hydrogen-bond acceptors (Lipinski definition) is 1. The molecule has 2 saturated carbocycles. The molecular weight excluding hydrogens is 404 g/mol. The number of benzene rings is 1. The van der Waals surface area contributed by atoms with Gasteiger partial charge in [-0.05, 0) is 92.9 Å². The van der Waals surface area contributed by atoms with Gasteiger partial charge in [-0.25, -0.2) is 4.39 Å². The smallest absolute Gasteiger partial charge is 0.403 e. The summed E-state index contributed by atoms with van der Waals surface area (Å²) in [4.78, 5) is 0. The highest BCUT2D eigenvalue weighted by Gasteiger charge is 2.32. The van der Waals surface area contributed by atoms with Crippen molar-refractivity contribution >= 4 is 0 Å². The van der Waals surface area contributed by atoms with Crippen molar-refractivity contribution in [2.45, 2.75) is 83.4 Å². The van der Waals surface area contributed by atoms with Crippen LogP contribution >= 0.6 is 0 Å². The highest BCUT2D eigenvalue weighted by Crippen LogP contribution is 2.37. The number of hydrogen-bond donors (Lipinski definition) is 0. The van der Waals surface area contributed by atoms with Crippen LogP contribution in [-0.2, 0) is 0 Å². The molecule has 0 heterocycles. The molecule has 2 fully saturated rings. The Kier molecular flexibility index (Phi) is 8.46. The highest BCUT2D eigenvalue weighted by molar-refractivity contribution is 5.32. The molecule has 0 atom stereocenters. The van der Waals surface area contributed by atoms with Crippen LogP contribution in [0.25, 0.3) is 0 Å². The summed E-state index contributed by atoms with van der Waals surface area (Å²) in [5.41, 5.74) is 0.733. The molecule has 1 aromatic rings. The summed E-state index contributed by atoms with van der Waals surface area (Å²) in [5.74, 6) is 6.89. The Bertz CT molecular complexity index is 786. The van der Waals surface area contributed by atoms with Crippen LogP contribution in [0, 0.1) is 35.4 Å². The summed E-state index contributed by atoms with van der Waals surface area (Å²) in [7, 11) is 0. The first kappa shape index (κ1) is 23.7. The number of ether oxygens (including phenoxy) is 1. The van der Waals surface area contributed by atoms with Gasteiger partial charge in [-0.2, -0.15) is 0 Å². The van der Waals surface area contributed by atoms with Crippen molar-refractivity contribution in [3.63, 3.8) is 0 Å². The molecule has 5 heteroatoms. The van der Waals surface area contributed by atoms with E-state index in [9.17, 15) is 17.6 Å². The maximum absolute atomic E-state index is 14.0. The van der Waals surface area contributed by atoms with E-state index >= 15 is 0 Å². The zero-order valence-electron chi connectivity index (χ0n) is 18.2. The summed E-state index contributed by atoms with van der Waals surface area (Å²) in [6.07, 6.45) is 10.9. The lowest BCUT2D eigenvalue weighted by molar-refractivity contribution is -0.275. The summed E-state index contributed by atoms with van der Waals surface area (Å²) >= 11 is 0. The lowest BCUT2D eigenvalue weighted by Crippen LogP contribution is -2.18. The molecule has 0 saturated heterocycles. The van der Waals surface area contributed by atoms with E-state index in [1.165, 1.54) is 44.6 Å². The van der Waals surface area contributed by atoms with Gasteiger partial charge in [0.05, 0.1) is 0 Å². The molecule has 0 aromatic heterocycles. The van der Waals surface area contributed by atoms with Crippen molar-refractivity contribution in [1.29, 1.82) is 0 Å². The van der Waals surface area contributed by atoms with Gasteiger partial charge in [-0.15, -0.1) is 13.2 Å². The second-order valence-electron chi connectivity index (χ2n) is 9.00. The maximum Gasteiger partial charge on any atom is 0.573 e. The van der Waals surface area contributed by atoms with Crippen molar-refractivity contribution in [3.05, 3.63) is 41.7 Å². The van der Waals surface area contributed by atoms with E-state index in [1.54, 1.807) is 6.07 Å². The molecule has 1 nitrogen and oxygen atoms in total. The molecule has 0 spiro atoms. The largest absolute Gasteiger partial charge is 0.573 e. The van der Waals surface area contributed by atoms with Crippen molar-refractivity contribution in [1.82, 2.24) is 0 Å². The second-order valence-corrected chi connectivity index (χ2v) is 9.00. The third-order valence-corrected chi connectivity index (χ3v) is 6.71. The molecule has 2 aliphatic rings. The first-order valence-electron chi connectivity index (χ1n) is 11.6. The minimum absolute atomic E-state index is 0.154. The Morgan fingerprint density at radius 2 is 1.74 bits per heavy atom. The summed E-state index contributed by atoms with van der Waals surface area (Å²) < 4.78 is 54.6. The Morgan fingerprint density at radius 1 is 1.03 bits per heavy atom. The van der Waals surface area contributed by atoms with E-state index in [-0.39, 0.29) is 5.92 Å². The molecule has 170 valence electrons. The minimum atomic E-state index is -4.89. The van der Waals surface area contributed by atoms with Crippen LogP contribution in [0.3, 0.4) is 0 Å². The van der Waals surface area contributed by atoms with Crippen molar-refractivity contribution in [3.8, 4) is 17.6 Å². The van der Waals surface area contributed by atoms with Crippen LogP contribution in [0.4, 0.5) is 17.6 Å². The lowest BCUT2D eigenvalue weighted by atomic mass is 9.79. The van der Waals surface area contributed by atoms with Crippen LogP contribution in [0.1, 0.15) is 82.6 Å². The normalized spacial score (nSPS) is 27.0. The van der Waals surface area contributed by atoms with E-state index in [0.29, 0.717) is 11.8 Å². The van der Waals surface area contributed by atoms with Crippen LogP contribution in [0.2, 0.25) is 0 Å². The molecule has 0 aliphatic heterocycles. The average Bonchev–Trinajstić information content (AvgIpc) is 2.74. The first-order chi connectivity index (χ1) is 14.8. The monoisotopic (exact) mass is 436 g/mol. The molecule has 3 rings (SSSR count). The molecule has 0 radical (unpaired) electrons. The van der Waals surface area contributed by atoms with Crippen LogP contribution in [0.5, 0.6) is 5.75 Å². The van der Waals surface area contributed by atoms with E-state index < -0.39 is 17.9 Å². The van der Waals surface area contributed by atoms with E-state index in [1.807, 2.05) is 6.08 Å². The van der Waals surface area contributed by atoms with Gasteiger partial charge in [0.15, 0.2) is 11.6 Å². The molecule has 31 heavy (non-hydrogen) atoms. The first-order valence-corrected chi connectivity index (χ1v) is 11.6. The zero-order valence-corrected chi connectivity index (χ0v) is 18.2. The molecule has 0 N–H and O–H groups in total. The number of alkyl halides is 3. The summed E-state index contributed by atoms with van der Waals surface area (Å²) in [5, 5.41) is 0. The van der Waals surface area contributed by atoms with Crippen LogP contribution in [-0.4, -0.2) is 6.36 Å². The maximum atomic E-state index is 14.0. The third kappa shape index (κ3) is 7.59. The van der Waals surface area contributed by atoms with Gasteiger partial charge >= 0.3 is 6.36 Å². The summed E-state index contributed by atoms with van der Waals surface area (Å²) in [6.45, 7) is 2.26.